The highest BCUT2D eigenvalue weighted by Gasteiger charge is 2.33. The number of imidazole rings is 1. The largest absolute Gasteiger partial charge is 0.325 e. The standard InChI is InChI=1S/C24H22F3N7/c1-12-30-23-17(26)6-14(7-20(23)34(12)16-8-15(25)9-16)22-18(27)11-29-24(33-22)32-21-3-2-13-10-28-5-4-19(13)31-21/h2-3,6-7,11,15-16,28H,4-5,8-10H2,1H3,(H,29,31,32,33). The van der Waals surface area contributed by atoms with E-state index in [1.54, 1.807) is 13.0 Å². The molecule has 2 N–H and O–H groups in total. The van der Waals surface area contributed by atoms with Gasteiger partial charge in [0.15, 0.2) is 11.6 Å². The van der Waals surface area contributed by atoms with Crippen molar-refractivity contribution >= 4 is 22.8 Å². The van der Waals surface area contributed by atoms with E-state index in [4.69, 9.17) is 0 Å². The molecule has 0 amide bonds. The molecule has 174 valence electrons. The van der Waals surface area contributed by atoms with Crippen LogP contribution < -0.4 is 10.6 Å². The van der Waals surface area contributed by atoms with Crippen molar-refractivity contribution in [2.24, 2.45) is 0 Å². The van der Waals surface area contributed by atoms with Gasteiger partial charge in [0.2, 0.25) is 5.95 Å². The molecule has 0 atom stereocenters. The number of aryl methyl sites for hydroxylation is 1. The van der Waals surface area contributed by atoms with Crippen LogP contribution in [-0.2, 0) is 13.0 Å². The van der Waals surface area contributed by atoms with Crippen LogP contribution in [0.15, 0.2) is 30.5 Å². The van der Waals surface area contributed by atoms with Gasteiger partial charge in [-0.3, -0.25) is 0 Å². The summed E-state index contributed by atoms with van der Waals surface area (Å²) in [6.07, 6.45) is 1.72. The topological polar surface area (TPSA) is 80.6 Å². The van der Waals surface area contributed by atoms with E-state index in [0.717, 1.165) is 37.0 Å². The number of nitrogens with zero attached hydrogens (tertiary/aromatic N) is 5. The normalized spacial score (nSPS) is 19.6. The fourth-order valence-electron chi connectivity index (χ4n) is 4.75. The average Bonchev–Trinajstić information content (AvgIpc) is 3.14. The van der Waals surface area contributed by atoms with Crippen LogP contribution in [0.4, 0.5) is 24.9 Å². The molecule has 0 bridgehead atoms. The molecule has 34 heavy (non-hydrogen) atoms. The van der Waals surface area contributed by atoms with Crippen LogP contribution in [0.3, 0.4) is 0 Å². The molecule has 3 aromatic heterocycles. The van der Waals surface area contributed by atoms with E-state index in [-0.39, 0.29) is 28.8 Å². The smallest absolute Gasteiger partial charge is 0.229 e. The summed E-state index contributed by atoms with van der Waals surface area (Å²) in [6.45, 7) is 3.40. The monoisotopic (exact) mass is 465 g/mol. The number of benzene rings is 1. The van der Waals surface area contributed by atoms with E-state index in [2.05, 4.69) is 30.6 Å². The van der Waals surface area contributed by atoms with E-state index in [0.29, 0.717) is 30.0 Å². The van der Waals surface area contributed by atoms with Crippen molar-refractivity contribution in [3.05, 3.63) is 59.2 Å². The van der Waals surface area contributed by atoms with Crippen LogP contribution in [0.2, 0.25) is 0 Å². The van der Waals surface area contributed by atoms with Gasteiger partial charge in [0, 0.05) is 36.8 Å². The van der Waals surface area contributed by atoms with Crippen molar-refractivity contribution in [3.63, 3.8) is 0 Å². The van der Waals surface area contributed by atoms with Crippen LogP contribution in [0, 0.1) is 18.6 Å². The van der Waals surface area contributed by atoms with Crippen LogP contribution in [0.5, 0.6) is 0 Å². The Morgan fingerprint density at radius 2 is 1.94 bits per heavy atom. The van der Waals surface area contributed by atoms with E-state index >= 15 is 0 Å². The minimum atomic E-state index is -0.865. The number of aromatic nitrogens is 5. The van der Waals surface area contributed by atoms with Crippen molar-refractivity contribution in [2.45, 2.75) is 44.9 Å². The lowest BCUT2D eigenvalue weighted by Gasteiger charge is -2.32. The fourth-order valence-corrected chi connectivity index (χ4v) is 4.75. The van der Waals surface area contributed by atoms with Gasteiger partial charge in [-0.05, 0) is 43.5 Å². The maximum Gasteiger partial charge on any atom is 0.229 e. The summed E-state index contributed by atoms with van der Waals surface area (Å²) < 4.78 is 45.1. The van der Waals surface area contributed by atoms with Crippen molar-refractivity contribution in [3.8, 4) is 11.3 Å². The summed E-state index contributed by atoms with van der Waals surface area (Å²) >= 11 is 0. The number of anilines is 2. The second kappa shape index (κ2) is 8.05. The number of pyridine rings is 1. The summed E-state index contributed by atoms with van der Waals surface area (Å²) in [4.78, 5) is 17.3. The van der Waals surface area contributed by atoms with Crippen molar-refractivity contribution < 1.29 is 13.2 Å². The SMILES string of the molecule is Cc1nc2c(F)cc(-c3nc(Nc4ccc5c(n4)CCNC5)ncc3F)cc2n1C1CC(F)C1. The molecule has 1 fully saturated rings. The van der Waals surface area contributed by atoms with E-state index in [1.165, 1.54) is 6.07 Å². The zero-order valence-electron chi connectivity index (χ0n) is 18.4. The van der Waals surface area contributed by atoms with Crippen molar-refractivity contribution in [1.29, 1.82) is 0 Å². The van der Waals surface area contributed by atoms with Crippen molar-refractivity contribution in [2.75, 3.05) is 11.9 Å². The highest BCUT2D eigenvalue weighted by Crippen LogP contribution is 2.39. The Morgan fingerprint density at radius 3 is 2.76 bits per heavy atom. The second-order valence-corrected chi connectivity index (χ2v) is 8.82. The summed E-state index contributed by atoms with van der Waals surface area (Å²) in [5, 5.41) is 6.33. The van der Waals surface area contributed by atoms with Gasteiger partial charge in [-0.25, -0.2) is 33.1 Å². The minimum absolute atomic E-state index is 0.0390. The maximum atomic E-state index is 15.0. The molecular formula is C24H22F3N7. The molecule has 4 heterocycles. The third kappa shape index (κ3) is 3.58. The number of nitrogens with one attached hydrogen (secondary N) is 2. The summed E-state index contributed by atoms with van der Waals surface area (Å²) in [7, 11) is 0. The molecule has 0 saturated heterocycles. The molecule has 7 nitrogen and oxygen atoms in total. The summed E-state index contributed by atoms with van der Waals surface area (Å²) in [6, 6.07) is 6.59. The number of alkyl halides is 1. The predicted molar refractivity (Wildman–Crippen MR) is 122 cm³/mol. The summed E-state index contributed by atoms with van der Waals surface area (Å²) in [5.41, 5.74) is 3.04. The first-order chi connectivity index (χ1) is 16.5. The third-order valence-electron chi connectivity index (χ3n) is 6.53. The minimum Gasteiger partial charge on any atom is -0.325 e. The number of hydrogen-bond acceptors (Lipinski definition) is 6. The molecule has 0 radical (unpaired) electrons. The molecule has 4 aromatic rings. The van der Waals surface area contributed by atoms with Crippen LogP contribution in [0.25, 0.3) is 22.3 Å². The second-order valence-electron chi connectivity index (χ2n) is 8.82. The van der Waals surface area contributed by atoms with Gasteiger partial charge in [-0.1, -0.05) is 6.07 Å². The molecule has 1 aromatic carbocycles. The van der Waals surface area contributed by atoms with E-state index in [1.807, 2.05) is 16.7 Å². The van der Waals surface area contributed by atoms with E-state index < -0.39 is 17.8 Å². The van der Waals surface area contributed by atoms with Gasteiger partial charge in [-0.2, -0.15) is 0 Å². The molecule has 6 rings (SSSR count). The van der Waals surface area contributed by atoms with Gasteiger partial charge < -0.3 is 15.2 Å². The van der Waals surface area contributed by atoms with Crippen LogP contribution in [-0.4, -0.2) is 37.2 Å². The zero-order chi connectivity index (χ0) is 23.4. The first kappa shape index (κ1) is 21.0. The van der Waals surface area contributed by atoms with E-state index in [9.17, 15) is 13.2 Å². The van der Waals surface area contributed by atoms with Gasteiger partial charge in [0.25, 0.3) is 0 Å². The lowest BCUT2D eigenvalue weighted by Crippen LogP contribution is -2.28. The molecular weight excluding hydrogens is 443 g/mol. The van der Waals surface area contributed by atoms with Crippen molar-refractivity contribution in [1.82, 2.24) is 29.8 Å². The Balaban J connectivity index is 1.37. The summed E-state index contributed by atoms with van der Waals surface area (Å²) in [5.74, 6) is 0.0516. The Hall–Kier alpha value is -3.53. The first-order valence-electron chi connectivity index (χ1n) is 11.3. The van der Waals surface area contributed by atoms with Gasteiger partial charge >= 0.3 is 0 Å². The number of halogens is 3. The molecule has 1 aliphatic heterocycles. The molecule has 0 unspecified atom stereocenters. The Bertz CT molecular complexity index is 1410. The maximum absolute atomic E-state index is 15.0. The molecule has 2 aliphatic rings. The lowest BCUT2D eigenvalue weighted by atomic mass is 9.90. The lowest BCUT2D eigenvalue weighted by molar-refractivity contribution is 0.138. The molecule has 1 saturated carbocycles. The van der Waals surface area contributed by atoms with Gasteiger partial charge in [0.05, 0.1) is 11.7 Å². The first-order valence-corrected chi connectivity index (χ1v) is 11.3. The Labute approximate surface area is 193 Å². The highest BCUT2D eigenvalue weighted by molar-refractivity contribution is 5.83. The number of rotatable bonds is 4. The van der Waals surface area contributed by atoms with Gasteiger partial charge in [0.1, 0.15) is 29.0 Å². The fraction of sp³-hybridized carbons (Fsp3) is 0.333. The highest BCUT2D eigenvalue weighted by atomic mass is 19.1. The Morgan fingerprint density at radius 1 is 1.09 bits per heavy atom. The molecule has 0 spiro atoms. The molecule has 1 aliphatic carbocycles. The zero-order valence-corrected chi connectivity index (χ0v) is 18.4. The van der Waals surface area contributed by atoms with Gasteiger partial charge in [-0.15, -0.1) is 0 Å². The Kier molecular flexibility index (Phi) is 4.98. The number of fused-ring (bicyclic) bond motifs is 2. The average molecular weight is 465 g/mol. The van der Waals surface area contributed by atoms with Crippen LogP contribution >= 0.6 is 0 Å². The molecule has 10 heteroatoms. The number of hydrogen-bond donors (Lipinski definition) is 2. The third-order valence-corrected chi connectivity index (χ3v) is 6.53. The van der Waals surface area contributed by atoms with Crippen LogP contribution in [0.1, 0.15) is 36.0 Å². The predicted octanol–water partition coefficient (Wildman–Crippen LogP) is 4.54. The quantitative estimate of drug-likeness (QED) is 0.461.